The van der Waals surface area contributed by atoms with E-state index in [0.29, 0.717) is 38.9 Å². The molecule has 0 saturated heterocycles. The molecule has 0 aliphatic carbocycles. The molecule has 0 atom stereocenters. The van der Waals surface area contributed by atoms with Crippen molar-refractivity contribution in [3.8, 4) is 0 Å². The molecule has 0 aromatic carbocycles. The van der Waals surface area contributed by atoms with Gasteiger partial charge in [-0.2, -0.15) is 0 Å². The Morgan fingerprint density at radius 3 is 1.44 bits per heavy atom. The number of ether oxygens (including phenoxy) is 2. The van der Waals surface area contributed by atoms with Crippen LogP contribution in [0.25, 0.3) is 0 Å². The molecule has 0 rings (SSSR count). The van der Waals surface area contributed by atoms with Crippen LogP contribution in [-0.2, 0) is 19.1 Å². The quantitative estimate of drug-likeness (QED) is 0.413. The number of unbranched alkanes of at least 4 members (excludes halogenated alkanes) is 1. The predicted octanol–water partition coefficient (Wildman–Crippen LogP) is 0.398. The summed E-state index contributed by atoms with van der Waals surface area (Å²) < 4.78 is 9.78. The molecule has 6 heteroatoms. The van der Waals surface area contributed by atoms with Gasteiger partial charge < -0.3 is 19.7 Å². The number of rotatable bonds is 11. The lowest BCUT2D eigenvalue weighted by Crippen LogP contribution is -2.09. The van der Waals surface area contributed by atoms with E-state index in [1.165, 1.54) is 0 Å². The van der Waals surface area contributed by atoms with E-state index in [0.717, 1.165) is 0 Å². The fourth-order valence-electron chi connectivity index (χ4n) is 1.17. The van der Waals surface area contributed by atoms with Crippen molar-refractivity contribution >= 4 is 11.9 Å². The third kappa shape index (κ3) is 11.3. The Balaban J connectivity index is 3.25. The smallest absolute Gasteiger partial charge is 0.305 e. The summed E-state index contributed by atoms with van der Waals surface area (Å²) in [5.74, 6) is -0.631. The van der Waals surface area contributed by atoms with Crippen molar-refractivity contribution in [2.75, 3.05) is 26.4 Å². The van der Waals surface area contributed by atoms with E-state index in [-0.39, 0.29) is 38.0 Å². The van der Waals surface area contributed by atoms with Crippen LogP contribution in [0.15, 0.2) is 0 Å². The van der Waals surface area contributed by atoms with Crippen molar-refractivity contribution < 1.29 is 29.3 Å². The molecular weight excluding hydrogens is 240 g/mol. The topological polar surface area (TPSA) is 93.1 Å². The van der Waals surface area contributed by atoms with Crippen molar-refractivity contribution in [3.63, 3.8) is 0 Å². The molecule has 0 saturated carbocycles. The maximum Gasteiger partial charge on any atom is 0.305 e. The Kier molecular flexibility index (Phi) is 11.5. The standard InChI is InChI=1S/C12H22O6/c13-7-3-5-11(15)17-9-1-2-10-18-12(16)6-4-8-14/h13-14H,1-10H2. The largest absolute Gasteiger partial charge is 0.466 e. The first kappa shape index (κ1) is 16.9. The lowest BCUT2D eigenvalue weighted by atomic mass is 10.3. The molecule has 0 aromatic rings. The predicted molar refractivity (Wildman–Crippen MR) is 63.8 cm³/mol. The summed E-state index contributed by atoms with van der Waals surface area (Å²) >= 11 is 0. The molecule has 0 aliphatic heterocycles. The molecule has 6 nitrogen and oxygen atoms in total. The van der Waals surface area contributed by atoms with Crippen LogP contribution in [-0.4, -0.2) is 48.6 Å². The van der Waals surface area contributed by atoms with Gasteiger partial charge >= 0.3 is 11.9 Å². The third-order valence-electron chi connectivity index (χ3n) is 2.14. The number of hydrogen-bond donors (Lipinski definition) is 2. The summed E-state index contributed by atoms with van der Waals surface area (Å²) in [6.07, 6.45) is 2.57. The summed E-state index contributed by atoms with van der Waals surface area (Å²) in [5.41, 5.74) is 0. The van der Waals surface area contributed by atoms with Crippen molar-refractivity contribution in [2.24, 2.45) is 0 Å². The minimum atomic E-state index is -0.316. The van der Waals surface area contributed by atoms with Crippen molar-refractivity contribution in [3.05, 3.63) is 0 Å². The van der Waals surface area contributed by atoms with E-state index < -0.39 is 0 Å². The van der Waals surface area contributed by atoms with Crippen molar-refractivity contribution in [1.82, 2.24) is 0 Å². The van der Waals surface area contributed by atoms with Gasteiger partial charge in [0.2, 0.25) is 0 Å². The van der Waals surface area contributed by atoms with Crippen LogP contribution in [0, 0.1) is 0 Å². The number of hydrogen-bond acceptors (Lipinski definition) is 6. The maximum atomic E-state index is 11.0. The number of carbonyl (C=O) groups excluding carboxylic acids is 2. The SMILES string of the molecule is O=C(CCCO)OCCCCOC(=O)CCCO. The third-order valence-corrected chi connectivity index (χ3v) is 2.14. The summed E-state index contributed by atoms with van der Waals surface area (Å²) in [5, 5.41) is 17.0. The van der Waals surface area contributed by atoms with Gasteiger partial charge in [-0.15, -0.1) is 0 Å². The highest BCUT2D eigenvalue weighted by Crippen LogP contribution is 1.98. The zero-order chi connectivity index (χ0) is 13.6. The first-order valence-corrected chi connectivity index (χ1v) is 6.23. The summed E-state index contributed by atoms with van der Waals surface area (Å²) in [6, 6.07) is 0. The van der Waals surface area contributed by atoms with Gasteiger partial charge in [0.15, 0.2) is 0 Å². The van der Waals surface area contributed by atoms with E-state index in [9.17, 15) is 9.59 Å². The van der Waals surface area contributed by atoms with E-state index in [1.54, 1.807) is 0 Å². The molecule has 0 radical (unpaired) electrons. The minimum absolute atomic E-state index is 0.0150. The van der Waals surface area contributed by atoms with Crippen LogP contribution in [0.3, 0.4) is 0 Å². The molecule has 0 bridgehead atoms. The van der Waals surface area contributed by atoms with Gasteiger partial charge in [0.1, 0.15) is 0 Å². The fraction of sp³-hybridized carbons (Fsp3) is 0.833. The van der Waals surface area contributed by atoms with Crippen LogP contribution in [0.5, 0.6) is 0 Å². The molecule has 106 valence electrons. The van der Waals surface area contributed by atoms with E-state index in [2.05, 4.69) is 0 Å². The Bertz CT molecular complexity index is 205. The number of esters is 2. The van der Waals surface area contributed by atoms with Gasteiger partial charge in [-0.25, -0.2) is 0 Å². The highest BCUT2D eigenvalue weighted by atomic mass is 16.5. The second-order valence-electron chi connectivity index (χ2n) is 3.80. The lowest BCUT2D eigenvalue weighted by molar-refractivity contribution is -0.146. The van der Waals surface area contributed by atoms with Gasteiger partial charge in [-0.05, 0) is 25.7 Å². The minimum Gasteiger partial charge on any atom is -0.466 e. The molecule has 0 spiro atoms. The Morgan fingerprint density at radius 2 is 1.11 bits per heavy atom. The molecule has 0 aromatic heterocycles. The zero-order valence-electron chi connectivity index (χ0n) is 10.6. The van der Waals surface area contributed by atoms with Crippen molar-refractivity contribution in [1.29, 1.82) is 0 Å². The molecule has 0 aliphatic rings. The zero-order valence-corrected chi connectivity index (χ0v) is 10.6. The van der Waals surface area contributed by atoms with Gasteiger partial charge in [0, 0.05) is 26.1 Å². The average Bonchev–Trinajstić information content (AvgIpc) is 2.37. The second kappa shape index (κ2) is 12.3. The normalized spacial score (nSPS) is 10.1. The van der Waals surface area contributed by atoms with Crippen molar-refractivity contribution in [2.45, 2.75) is 38.5 Å². The first-order chi connectivity index (χ1) is 8.70. The molecule has 18 heavy (non-hydrogen) atoms. The Morgan fingerprint density at radius 1 is 0.722 bits per heavy atom. The second-order valence-corrected chi connectivity index (χ2v) is 3.80. The monoisotopic (exact) mass is 262 g/mol. The molecule has 0 fully saturated rings. The highest BCUT2D eigenvalue weighted by Gasteiger charge is 2.03. The van der Waals surface area contributed by atoms with E-state index in [1.807, 2.05) is 0 Å². The van der Waals surface area contributed by atoms with Crippen LogP contribution in [0.2, 0.25) is 0 Å². The average molecular weight is 262 g/mol. The molecule has 0 amide bonds. The summed E-state index contributed by atoms with van der Waals surface area (Å²) in [7, 11) is 0. The number of aliphatic hydroxyl groups excluding tert-OH is 2. The summed E-state index contributed by atoms with van der Waals surface area (Å²) in [4.78, 5) is 22.0. The number of carbonyl (C=O) groups is 2. The molecule has 2 N–H and O–H groups in total. The molecule has 0 unspecified atom stereocenters. The van der Waals surface area contributed by atoms with Gasteiger partial charge in [-0.1, -0.05) is 0 Å². The first-order valence-electron chi connectivity index (χ1n) is 6.23. The van der Waals surface area contributed by atoms with Gasteiger partial charge in [0.05, 0.1) is 13.2 Å². The fourth-order valence-corrected chi connectivity index (χ4v) is 1.17. The molecule has 0 heterocycles. The maximum absolute atomic E-state index is 11.0. The lowest BCUT2D eigenvalue weighted by Gasteiger charge is -2.05. The number of aliphatic hydroxyl groups is 2. The molecular formula is C12H22O6. The van der Waals surface area contributed by atoms with Gasteiger partial charge in [0.25, 0.3) is 0 Å². The summed E-state index contributed by atoms with van der Waals surface area (Å²) in [6.45, 7) is 0.578. The van der Waals surface area contributed by atoms with Crippen LogP contribution >= 0.6 is 0 Å². The van der Waals surface area contributed by atoms with Gasteiger partial charge in [-0.3, -0.25) is 9.59 Å². The van der Waals surface area contributed by atoms with E-state index in [4.69, 9.17) is 19.7 Å². The van der Waals surface area contributed by atoms with Crippen LogP contribution < -0.4 is 0 Å². The van der Waals surface area contributed by atoms with Crippen LogP contribution in [0.1, 0.15) is 38.5 Å². The Hall–Kier alpha value is -1.14. The van der Waals surface area contributed by atoms with Crippen LogP contribution in [0.4, 0.5) is 0 Å². The Labute approximate surface area is 107 Å². The van der Waals surface area contributed by atoms with E-state index >= 15 is 0 Å². The highest BCUT2D eigenvalue weighted by molar-refractivity contribution is 5.69.